The van der Waals surface area contributed by atoms with Gasteiger partial charge in [0, 0.05) is 10.9 Å². The summed E-state index contributed by atoms with van der Waals surface area (Å²) >= 11 is 0. The molecule has 0 aliphatic rings. The molecule has 2 aromatic rings. The highest BCUT2D eigenvalue weighted by atomic mass is 16.2. The largest absolute Gasteiger partial charge is 0.320 e. The molecule has 3 N–H and O–H groups in total. The van der Waals surface area contributed by atoms with Crippen molar-refractivity contribution >= 4 is 28.3 Å². The van der Waals surface area contributed by atoms with Crippen LogP contribution in [0, 0.1) is 0 Å². The summed E-state index contributed by atoms with van der Waals surface area (Å²) in [5.74, 6) is -0.730. The number of rotatable bonds is 4. The molecular weight excluding hydrogens is 246 g/mol. The SMILES string of the molecule is CC(=O)CC(=O)NNc1cc2ccccc2[nH]c1=O. The van der Waals surface area contributed by atoms with Gasteiger partial charge in [-0.1, -0.05) is 18.2 Å². The van der Waals surface area contributed by atoms with Crippen molar-refractivity contribution in [2.75, 3.05) is 5.43 Å². The Morgan fingerprint density at radius 3 is 2.74 bits per heavy atom. The molecule has 1 aromatic heterocycles. The van der Waals surface area contributed by atoms with Crippen LogP contribution in [0.4, 0.5) is 5.69 Å². The Kier molecular flexibility index (Phi) is 3.61. The van der Waals surface area contributed by atoms with Gasteiger partial charge in [-0.15, -0.1) is 0 Å². The number of anilines is 1. The monoisotopic (exact) mass is 259 g/mol. The van der Waals surface area contributed by atoms with Crippen LogP contribution in [0.1, 0.15) is 13.3 Å². The third kappa shape index (κ3) is 3.19. The average molecular weight is 259 g/mol. The Morgan fingerprint density at radius 1 is 1.26 bits per heavy atom. The fourth-order valence-corrected chi connectivity index (χ4v) is 1.65. The zero-order valence-electron chi connectivity index (χ0n) is 10.3. The number of aromatic nitrogens is 1. The number of carbonyl (C=O) groups is 2. The van der Waals surface area contributed by atoms with Crippen LogP contribution in [0.15, 0.2) is 35.1 Å². The van der Waals surface area contributed by atoms with Gasteiger partial charge in [0.2, 0.25) is 5.91 Å². The minimum atomic E-state index is -0.486. The summed E-state index contributed by atoms with van der Waals surface area (Å²) < 4.78 is 0. The number of hydrogen-bond donors (Lipinski definition) is 3. The molecule has 0 aliphatic heterocycles. The molecule has 0 bridgehead atoms. The standard InChI is InChI=1S/C13H13N3O3/c1-8(17)6-12(18)16-15-11-7-9-4-2-3-5-10(9)14-13(11)19/h2-5,7,15H,6H2,1H3,(H,14,19)(H,16,18). The summed E-state index contributed by atoms with van der Waals surface area (Å²) in [6.45, 7) is 1.32. The molecule has 0 unspecified atom stereocenters. The summed E-state index contributed by atoms with van der Waals surface area (Å²) in [6, 6.07) is 8.92. The van der Waals surface area contributed by atoms with Crippen molar-refractivity contribution in [2.45, 2.75) is 13.3 Å². The van der Waals surface area contributed by atoms with Crippen molar-refractivity contribution in [1.82, 2.24) is 10.4 Å². The normalized spacial score (nSPS) is 10.2. The molecule has 2 rings (SSSR count). The minimum Gasteiger partial charge on any atom is -0.320 e. The predicted octanol–water partition coefficient (Wildman–Crippen LogP) is 0.950. The van der Waals surface area contributed by atoms with E-state index in [1.807, 2.05) is 18.2 Å². The molecular formula is C13H13N3O3. The van der Waals surface area contributed by atoms with Gasteiger partial charge in [0.05, 0.1) is 6.42 Å². The highest BCUT2D eigenvalue weighted by molar-refractivity contribution is 5.97. The van der Waals surface area contributed by atoms with E-state index in [0.29, 0.717) is 5.52 Å². The van der Waals surface area contributed by atoms with E-state index in [-0.39, 0.29) is 23.5 Å². The minimum absolute atomic E-state index is 0.218. The summed E-state index contributed by atoms with van der Waals surface area (Å²) in [4.78, 5) is 36.5. The van der Waals surface area contributed by atoms with Gasteiger partial charge < -0.3 is 4.98 Å². The van der Waals surface area contributed by atoms with Gasteiger partial charge in [0.15, 0.2) is 0 Å². The Labute approximate surface area is 108 Å². The second-order valence-electron chi connectivity index (χ2n) is 4.15. The lowest BCUT2D eigenvalue weighted by Crippen LogP contribution is -2.33. The predicted molar refractivity (Wildman–Crippen MR) is 71.6 cm³/mol. The summed E-state index contributed by atoms with van der Waals surface area (Å²) in [7, 11) is 0. The van der Waals surface area contributed by atoms with Crippen molar-refractivity contribution in [2.24, 2.45) is 0 Å². The Hall–Kier alpha value is -2.63. The molecule has 0 saturated carbocycles. The van der Waals surface area contributed by atoms with Crippen molar-refractivity contribution < 1.29 is 9.59 Å². The van der Waals surface area contributed by atoms with Crippen molar-refractivity contribution in [3.63, 3.8) is 0 Å². The zero-order valence-corrected chi connectivity index (χ0v) is 10.3. The van der Waals surface area contributed by atoms with E-state index in [9.17, 15) is 14.4 Å². The van der Waals surface area contributed by atoms with Gasteiger partial charge in [-0.3, -0.25) is 25.2 Å². The fourth-order valence-electron chi connectivity index (χ4n) is 1.65. The van der Waals surface area contributed by atoms with Gasteiger partial charge in [-0.25, -0.2) is 0 Å². The third-order valence-corrected chi connectivity index (χ3v) is 2.50. The zero-order chi connectivity index (χ0) is 13.8. The Bertz CT molecular complexity index is 691. The first-order valence-electron chi connectivity index (χ1n) is 5.72. The molecule has 0 fully saturated rings. The number of carbonyl (C=O) groups excluding carboxylic acids is 2. The van der Waals surface area contributed by atoms with E-state index in [2.05, 4.69) is 15.8 Å². The number of H-pyrrole nitrogens is 1. The van der Waals surface area contributed by atoms with Crippen LogP contribution in [-0.4, -0.2) is 16.7 Å². The van der Waals surface area contributed by atoms with Crippen molar-refractivity contribution in [3.8, 4) is 0 Å². The van der Waals surface area contributed by atoms with Crippen molar-refractivity contribution in [1.29, 1.82) is 0 Å². The molecule has 0 aliphatic carbocycles. The van der Waals surface area contributed by atoms with Gasteiger partial charge in [0.25, 0.3) is 5.56 Å². The van der Waals surface area contributed by atoms with E-state index in [1.165, 1.54) is 6.92 Å². The lowest BCUT2D eigenvalue weighted by atomic mass is 10.2. The first-order valence-corrected chi connectivity index (χ1v) is 5.72. The fraction of sp³-hybridized carbons (Fsp3) is 0.154. The number of ketones is 1. The van der Waals surface area contributed by atoms with Gasteiger partial charge in [0.1, 0.15) is 11.5 Å². The highest BCUT2D eigenvalue weighted by Gasteiger charge is 2.06. The van der Waals surface area contributed by atoms with Crippen LogP contribution in [0.5, 0.6) is 0 Å². The maximum Gasteiger partial charge on any atom is 0.273 e. The maximum absolute atomic E-state index is 11.7. The van der Waals surface area contributed by atoms with E-state index in [0.717, 1.165) is 5.39 Å². The average Bonchev–Trinajstić information content (AvgIpc) is 2.35. The number of benzene rings is 1. The first kappa shape index (κ1) is 12.8. The smallest absolute Gasteiger partial charge is 0.273 e. The molecule has 98 valence electrons. The van der Waals surface area contributed by atoms with Gasteiger partial charge in [-0.2, -0.15) is 0 Å². The third-order valence-electron chi connectivity index (χ3n) is 2.50. The van der Waals surface area contributed by atoms with E-state index in [4.69, 9.17) is 0 Å². The number of amides is 1. The molecule has 1 aromatic carbocycles. The molecule has 0 spiro atoms. The van der Waals surface area contributed by atoms with E-state index >= 15 is 0 Å². The number of hydrazine groups is 1. The number of hydrogen-bond acceptors (Lipinski definition) is 4. The van der Waals surface area contributed by atoms with Crippen LogP contribution >= 0.6 is 0 Å². The number of nitrogens with one attached hydrogen (secondary N) is 3. The van der Waals surface area contributed by atoms with Crippen LogP contribution < -0.4 is 16.4 Å². The van der Waals surface area contributed by atoms with E-state index in [1.54, 1.807) is 12.1 Å². The molecule has 1 heterocycles. The van der Waals surface area contributed by atoms with Crippen molar-refractivity contribution in [3.05, 3.63) is 40.7 Å². The molecule has 19 heavy (non-hydrogen) atoms. The summed E-state index contributed by atoms with van der Waals surface area (Å²) in [6.07, 6.45) is -0.224. The van der Waals surface area contributed by atoms with E-state index < -0.39 is 5.91 Å². The summed E-state index contributed by atoms with van der Waals surface area (Å²) in [5, 5.41) is 0.838. The van der Waals surface area contributed by atoms with Crippen LogP contribution in [0.2, 0.25) is 0 Å². The van der Waals surface area contributed by atoms with Crippen LogP contribution in [-0.2, 0) is 9.59 Å². The molecule has 0 saturated heterocycles. The highest BCUT2D eigenvalue weighted by Crippen LogP contribution is 2.11. The maximum atomic E-state index is 11.7. The lowest BCUT2D eigenvalue weighted by Gasteiger charge is -2.07. The molecule has 0 atom stereocenters. The molecule has 6 nitrogen and oxygen atoms in total. The topological polar surface area (TPSA) is 91.1 Å². The molecule has 1 amide bonds. The number of fused-ring (bicyclic) bond motifs is 1. The molecule has 6 heteroatoms. The Balaban J connectivity index is 2.17. The van der Waals surface area contributed by atoms with Crippen LogP contribution in [0.3, 0.4) is 0 Å². The van der Waals surface area contributed by atoms with Gasteiger partial charge >= 0.3 is 0 Å². The summed E-state index contributed by atoms with van der Waals surface area (Å²) in [5.41, 5.74) is 5.41. The first-order chi connectivity index (χ1) is 9.06. The van der Waals surface area contributed by atoms with Gasteiger partial charge in [-0.05, 0) is 19.1 Å². The number of pyridine rings is 1. The van der Waals surface area contributed by atoms with Crippen LogP contribution in [0.25, 0.3) is 10.9 Å². The quantitative estimate of drug-likeness (QED) is 0.563. The second kappa shape index (κ2) is 5.34. The second-order valence-corrected chi connectivity index (χ2v) is 4.15. The molecule has 0 radical (unpaired) electrons. The number of aromatic amines is 1. The number of para-hydroxylation sites is 1. The lowest BCUT2D eigenvalue weighted by molar-refractivity contribution is -0.126. The number of Topliss-reactive ketones (excluding diaryl/α,β-unsaturated/α-hetero) is 1. The Morgan fingerprint density at radius 2 is 2.00 bits per heavy atom.